The second-order valence-corrected chi connectivity index (χ2v) is 3.76. The van der Waals surface area contributed by atoms with E-state index in [4.69, 9.17) is 5.26 Å². The van der Waals surface area contributed by atoms with Gasteiger partial charge in [-0.3, -0.25) is 0 Å². The predicted octanol–water partition coefficient (Wildman–Crippen LogP) is 3.56. The Kier molecular flexibility index (Phi) is 3.95. The van der Waals surface area contributed by atoms with Crippen LogP contribution in [0.2, 0.25) is 0 Å². The van der Waals surface area contributed by atoms with Gasteiger partial charge in [0.1, 0.15) is 17.6 Å². The number of aliphatic imine (C=N–C) groups is 1. The molecule has 0 saturated carbocycles. The summed E-state index contributed by atoms with van der Waals surface area (Å²) in [5.41, 5.74) is 2.84. The molecule has 0 N–H and O–H groups in total. The van der Waals surface area contributed by atoms with E-state index >= 15 is 0 Å². The van der Waals surface area contributed by atoms with Crippen molar-refractivity contribution in [2.24, 2.45) is 4.99 Å². The van der Waals surface area contributed by atoms with Crippen molar-refractivity contribution >= 4 is 11.8 Å². The Morgan fingerprint density at radius 3 is 2.59 bits per heavy atom. The first-order valence-electron chi connectivity index (χ1n) is 5.04. The number of hydrogen-bond donors (Lipinski definition) is 0. The van der Waals surface area contributed by atoms with Crippen LogP contribution in [0.5, 0.6) is 0 Å². The molecule has 0 aliphatic carbocycles. The minimum absolute atomic E-state index is 0.0939. The molecule has 17 heavy (non-hydrogen) atoms. The zero-order valence-electron chi connectivity index (χ0n) is 9.92. The SMILES string of the molecule is C=C(C#N)N=CC(=C)c1cc(F)c(C)cc1C. The van der Waals surface area contributed by atoms with Crippen LogP contribution in [0.3, 0.4) is 0 Å². The molecule has 0 aromatic heterocycles. The Morgan fingerprint density at radius 1 is 1.35 bits per heavy atom. The molecule has 1 aromatic rings. The van der Waals surface area contributed by atoms with Gasteiger partial charge in [-0.15, -0.1) is 0 Å². The molecule has 3 heteroatoms. The third kappa shape index (κ3) is 3.12. The standard InChI is InChI=1S/C14H13FN2/c1-9-5-10(2)14(15)6-13(9)11(3)8-17-12(4)7-16/h5-6,8H,3-4H2,1-2H3. The molecule has 1 rings (SSSR count). The molecule has 0 unspecified atom stereocenters. The Bertz CT molecular complexity index is 548. The summed E-state index contributed by atoms with van der Waals surface area (Å²) < 4.78 is 13.4. The topological polar surface area (TPSA) is 36.1 Å². The van der Waals surface area contributed by atoms with Crippen LogP contribution in [0.4, 0.5) is 4.39 Å². The molecule has 1 aromatic carbocycles. The summed E-state index contributed by atoms with van der Waals surface area (Å²) in [7, 11) is 0. The Morgan fingerprint density at radius 2 is 2.00 bits per heavy atom. The predicted molar refractivity (Wildman–Crippen MR) is 68.2 cm³/mol. The monoisotopic (exact) mass is 228 g/mol. The van der Waals surface area contributed by atoms with Crippen molar-refractivity contribution in [2.75, 3.05) is 0 Å². The lowest BCUT2D eigenvalue weighted by atomic mass is 10.00. The van der Waals surface area contributed by atoms with Crippen LogP contribution in [0.15, 0.2) is 36.0 Å². The van der Waals surface area contributed by atoms with Crippen molar-refractivity contribution < 1.29 is 4.39 Å². The zero-order valence-corrected chi connectivity index (χ0v) is 9.92. The summed E-state index contributed by atoms with van der Waals surface area (Å²) in [4.78, 5) is 3.81. The van der Waals surface area contributed by atoms with Crippen molar-refractivity contribution in [1.29, 1.82) is 5.26 Å². The number of nitriles is 1. The van der Waals surface area contributed by atoms with Gasteiger partial charge in [-0.05, 0) is 42.2 Å². The minimum Gasteiger partial charge on any atom is -0.246 e. The van der Waals surface area contributed by atoms with Crippen molar-refractivity contribution in [3.05, 3.63) is 53.5 Å². The zero-order chi connectivity index (χ0) is 13.0. The number of halogens is 1. The fourth-order valence-electron chi connectivity index (χ4n) is 1.43. The van der Waals surface area contributed by atoms with Crippen molar-refractivity contribution in [3.8, 4) is 6.07 Å². The molecule has 0 aliphatic rings. The molecule has 0 aliphatic heterocycles. The van der Waals surface area contributed by atoms with Gasteiger partial charge >= 0.3 is 0 Å². The highest BCUT2D eigenvalue weighted by molar-refractivity contribution is 6.09. The van der Waals surface area contributed by atoms with E-state index in [1.54, 1.807) is 19.1 Å². The van der Waals surface area contributed by atoms with Crippen LogP contribution >= 0.6 is 0 Å². The molecule has 0 heterocycles. The van der Waals surface area contributed by atoms with E-state index < -0.39 is 0 Å². The van der Waals surface area contributed by atoms with Crippen LogP contribution in [0.1, 0.15) is 16.7 Å². The van der Waals surface area contributed by atoms with Gasteiger partial charge in [0, 0.05) is 6.21 Å². The van der Waals surface area contributed by atoms with Gasteiger partial charge in [-0.2, -0.15) is 5.26 Å². The Labute approximate surface area is 100 Å². The molecule has 0 bridgehead atoms. The van der Waals surface area contributed by atoms with Gasteiger partial charge in [0.2, 0.25) is 0 Å². The van der Waals surface area contributed by atoms with Crippen LogP contribution in [0, 0.1) is 31.0 Å². The normalized spacial score (nSPS) is 10.2. The van der Waals surface area contributed by atoms with Gasteiger partial charge < -0.3 is 0 Å². The fourth-order valence-corrected chi connectivity index (χ4v) is 1.43. The number of nitrogens with zero attached hydrogens (tertiary/aromatic N) is 2. The maximum atomic E-state index is 13.4. The first-order valence-corrected chi connectivity index (χ1v) is 5.04. The maximum Gasteiger partial charge on any atom is 0.133 e. The van der Waals surface area contributed by atoms with Gasteiger partial charge in [0.15, 0.2) is 0 Å². The number of hydrogen-bond acceptors (Lipinski definition) is 2. The van der Waals surface area contributed by atoms with E-state index in [0.29, 0.717) is 16.7 Å². The smallest absolute Gasteiger partial charge is 0.133 e. The average Bonchev–Trinajstić information content (AvgIpc) is 2.30. The molecule has 0 spiro atoms. The molecule has 0 amide bonds. The van der Waals surface area contributed by atoms with Crippen LogP contribution in [-0.2, 0) is 0 Å². The molecule has 2 nitrogen and oxygen atoms in total. The molecule has 0 atom stereocenters. The summed E-state index contributed by atoms with van der Waals surface area (Å²) in [6, 6.07) is 4.98. The lowest BCUT2D eigenvalue weighted by molar-refractivity contribution is 0.617. The largest absolute Gasteiger partial charge is 0.246 e. The lowest BCUT2D eigenvalue weighted by Gasteiger charge is -2.07. The average molecular weight is 228 g/mol. The maximum absolute atomic E-state index is 13.4. The quantitative estimate of drug-likeness (QED) is 0.575. The molecule has 0 saturated heterocycles. The number of aryl methyl sites for hydroxylation is 2. The van der Waals surface area contributed by atoms with Crippen LogP contribution in [0.25, 0.3) is 5.57 Å². The van der Waals surface area contributed by atoms with E-state index in [1.807, 2.05) is 6.92 Å². The van der Waals surface area contributed by atoms with Gasteiger partial charge in [-0.1, -0.05) is 19.2 Å². The second kappa shape index (κ2) is 5.22. The highest BCUT2D eigenvalue weighted by Gasteiger charge is 2.06. The number of benzene rings is 1. The number of allylic oxidation sites excluding steroid dienone is 2. The highest BCUT2D eigenvalue weighted by atomic mass is 19.1. The first-order chi connectivity index (χ1) is 7.95. The summed E-state index contributed by atoms with van der Waals surface area (Å²) in [5, 5.41) is 8.50. The molecule has 86 valence electrons. The molecular weight excluding hydrogens is 215 g/mol. The number of rotatable bonds is 3. The fraction of sp³-hybridized carbons (Fsp3) is 0.143. The third-order valence-corrected chi connectivity index (χ3v) is 2.36. The van der Waals surface area contributed by atoms with E-state index in [0.717, 1.165) is 5.56 Å². The molecular formula is C14H13FN2. The Hall–Kier alpha value is -2.21. The van der Waals surface area contributed by atoms with Gasteiger partial charge in [-0.25, -0.2) is 9.38 Å². The summed E-state index contributed by atoms with van der Waals surface area (Å²) in [6.45, 7) is 10.8. The van der Waals surface area contributed by atoms with Crippen molar-refractivity contribution in [3.63, 3.8) is 0 Å². The molecule has 0 radical (unpaired) electrons. The molecule has 0 fully saturated rings. The van der Waals surface area contributed by atoms with Crippen molar-refractivity contribution in [2.45, 2.75) is 13.8 Å². The first kappa shape index (κ1) is 12.9. The van der Waals surface area contributed by atoms with E-state index in [9.17, 15) is 4.39 Å². The second-order valence-electron chi connectivity index (χ2n) is 3.76. The van der Waals surface area contributed by atoms with Crippen molar-refractivity contribution in [1.82, 2.24) is 0 Å². The van der Waals surface area contributed by atoms with E-state index in [-0.39, 0.29) is 11.5 Å². The van der Waals surface area contributed by atoms with Gasteiger partial charge in [0.05, 0.1) is 0 Å². The minimum atomic E-state index is -0.278. The third-order valence-electron chi connectivity index (χ3n) is 2.36. The van der Waals surface area contributed by atoms with Crippen LogP contribution in [-0.4, -0.2) is 6.21 Å². The summed E-state index contributed by atoms with van der Waals surface area (Å²) in [6.07, 6.45) is 1.42. The highest BCUT2D eigenvalue weighted by Crippen LogP contribution is 2.20. The van der Waals surface area contributed by atoms with E-state index in [2.05, 4.69) is 18.2 Å². The van der Waals surface area contributed by atoms with Gasteiger partial charge in [0.25, 0.3) is 0 Å². The Balaban J connectivity index is 3.06. The summed E-state index contributed by atoms with van der Waals surface area (Å²) >= 11 is 0. The van der Waals surface area contributed by atoms with Crippen LogP contribution < -0.4 is 0 Å². The lowest BCUT2D eigenvalue weighted by Crippen LogP contribution is -1.93. The van der Waals surface area contributed by atoms with E-state index in [1.165, 1.54) is 12.3 Å². The summed E-state index contributed by atoms with van der Waals surface area (Å²) in [5.74, 6) is -0.278.